The molecule has 0 heterocycles. The first-order chi connectivity index (χ1) is 6.74. The standard InChI is InChI=1S/C11H17NOS/c1-9-8-10(12)4-5-11(9)14-7-3-6-13-2/h4-5,8H,3,6-7,12H2,1-2H3. The van der Waals surface area contributed by atoms with Gasteiger partial charge in [0.2, 0.25) is 0 Å². The number of methoxy groups -OCH3 is 1. The lowest BCUT2D eigenvalue weighted by Crippen LogP contribution is -1.92. The van der Waals surface area contributed by atoms with Crippen LogP contribution in [0.5, 0.6) is 0 Å². The Hall–Kier alpha value is -0.670. The molecular weight excluding hydrogens is 194 g/mol. The van der Waals surface area contributed by atoms with Crippen LogP contribution in [-0.2, 0) is 4.74 Å². The molecule has 0 unspecified atom stereocenters. The predicted molar refractivity (Wildman–Crippen MR) is 62.8 cm³/mol. The van der Waals surface area contributed by atoms with Gasteiger partial charge in [0, 0.05) is 30.1 Å². The van der Waals surface area contributed by atoms with Crippen molar-refractivity contribution in [2.24, 2.45) is 0 Å². The van der Waals surface area contributed by atoms with Gasteiger partial charge in [-0.15, -0.1) is 11.8 Å². The fourth-order valence-electron chi connectivity index (χ4n) is 1.22. The maximum Gasteiger partial charge on any atom is 0.0470 e. The van der Waals surface area contributed by atoms with Gasteiger partial charge >= 0.3 is 0 Å². The lowest BCUT2D eigenvalue weighted by molar-refractivity contribution is 0.200. The highest BCUT2D eigenvalue weighted by Gasteiger charge is 1.98. The summed E-state index contributed by atoms with van der Waals surface area (Å²) >= 11 is 1.86. The van der Waals surface area contributed by atoms with E-state index in [1.165, 1.54) is 10.5 Å². The van der Waals surface area contributed by atoms with Gasteiger partial charge in [0.05, 0.1) is 0 Å². The summed E-state index contributed by atoms with van der Waals surface area (Å²) in [6, 6.07) is 6.05. The fourth-order valence-corrected chi connectivity index (χ4v) is 2.15. The second-order valence-corrected chi connectivity index (χ2v) is 4.36. The van der Waals surface area contributed by atoms with Crippen LogP contribution in [0, 0.1) is 6.92 Å². The number of rotatable bonds is 5. The largest absolute Gasteiger partial charge is 0.399 e. The first kappa shape index (κ1) is 11.4. The molecule has 1 aromatic carbocycles. The van der Waals surface area contributed by atoms with Gasteiger partial charge in [-0.25, -0.2) is 0 Å². The second-order valence-electron chi connectivity index (χ2n) is 3.22. The molecule has 0 bridgehead atoms. The van der Waals surface area contributed by atoms with Crippen molar-refractivity contribution in [1.82, 2.24) is 0 Å². The van der Waals surface area contributed by atoms with Crippen LogP contribution in [0.25, 0.3) is 0 Å². The molecule has 0 aliphatic rings. The van der Waals surface area contributed by atoms with E-state index < -0.39 is 0 Å². The van der Waals surface area contributed by atoms with E-state index in [1.54, 1.807) is 7.11 Å². The molecule has 0 aliphatic heterocycles. The van der Waals surface area contributed by atoms with Crippen molar-refractivity contribution in [3.8, 4) is 0 Å². The lowest BCUT2D eigenvalue weighted by atomic mass is 10.2. The van der Waals surface area contributed by atoms with Crippen LogP contribution in [0.2, 0.25) is 0 Å². The number of anilines is 1. The number of thioether (sulfide) groups is 1. The molecule has 0 saturated heterocycles. The van der Waals surface area contributed by atoms with Crippen LogP contribution in [0.15, 0.2) is 23.1 Å². The zero-order chi connectivity index (χ0) is 10.4. The number of aryl methyl sites for hydroxylation is 1. The molecule has 0 saturated carbocycles. The number of hydrogen-bond donors (Lipinski definition) is 1. The summed E-state index contributed by atoms with van der Waals surface area (Å²) in [4.78, 5) is 1.32. The van der Waals surface area contributed by atoms with Crippen LogP contribution in [-0.4, -0.2) is 19.5 Å². The third kappa shape index (κ3) is 3.60. The van der Waals surface area contributed by atoms with Crippen LogP contribution < -0.4 is 5.73 Å². The van der Waals surface area contributed by atoms with Crippen molar-refractivity contribution in [3.63, 3.8) is 0 Å². The van der Waals surface area contributed by atoms with Crippen molar-refractivity contribution in [2.45, 2.75) is 18.2 Å². The maximum atomic E-state index is 5.67. The van der Waals surface area contributed by atoms with Gasteiger partial charge in [0.15, 0.2) is 0 Å². The quantitative estimate of drug-likeness (QED) is 0.462. The first-order valence-electron chi connectivity index (χ1n) is 4.72. The summed E-state index contributed by atoms with van der Waals surface area (Å²) in [5.41, 5.74) is 7.77. The molecule has 0 aliphatic carbocycles. The van der Waals surface area contributed by atoms with Gasteiger partial charge in [0.25, 0.3) is 0 Å². The molecule has 0 radical (unpaired) electrons. The second kappa shape index (κ2) is 5.94. The number of nitrogens with two attached hydrogens (primary N) is 1. The van der Waals surface area contributed by atoms with Crippen molar-refractivity contribution >= 4 is 17.4 Å². The van der Waals surface area contributed by atoms with E-state index in [0.717, 1.165) is 24.5 Å². The van der Waals surface area contributed by atoms with E-state index in [1.807, 2.05) is 23.9 Å². The normalized spacial score (nSPS) is 10.4. The zero-order valence-electron chi connectivity index (χ0n) is 8.75. The Morgan fingerprint density at radius 3 is 2.86 bits per heavy atom. The van der Waals surface area contributed by atoms with E-state index >= 15 is 0 Å². The van der Waals surface area contributed by atoms with E-state index in [4.69, 9.17) is 10.5 Å². The average Bonchev–Trinajstić information content (AvgIpc) is 2.15. The van der Waals surface area contributed by atoms with Gasteiger partial charge in [-0.2, -0.15) is 0 Å². The highest BCUT2D eigenvalue weighted by atomic mass is 32.2. The van der Waals surface area contributed by atoms with Gasteiger partial charge in [-0.3, -0.25) is 0 Å². The smallest absolute Gasteiger partial charge is 0.0470 e. The van der Waals surface area contributed by atoms with Crippen LogP contribution in [0.3, 0.4) is 0 Å². The number of benzene rings is 1. The van der Waals surface area contributed by atoms with E-state index in [0.29, 0.717) is 0 Å². The maximum absolute atomic E-state index is 5.67. The number of ether oxygens (including phenoxy) is 1. The topological polar surface area (TPSA) is 35.2 Å². The molecule has 2 N–H and O–H groups in total. The first-order valence-corrected chi connectivity index (χ1v) is 5.70. The molecule has 3 heteroatoms. The molecule has 0 fully saturated rings. The summed E-state index contributed by atoms with van der Waals surface area (Å²) < 4.78 is 5.00. The molecule has 0 aromatic heterocycles. The Balaban J connectivity index is 2.42. The summed E-state index contributed by atoms with van der Waals surface area (Å²) in [7, 11) is 1.74. The molecule has 78 valence electrons. The van der Waals surface area contributed by atoms with Gasteiger partial charge in [-0.1, -0.05) is 0 Å². The van der Waals surface area contributed by atoms with E-state index in [9.17, 15) is 0 Å². The van der Waals surface area contributed by atoms with Crippen LogP contribution >= 0.6 is 11.8 Å². The van der Waals surface area contributed by atoms with Crippen molar-refractivity contribution in [2.75, 3.05) is 25.2 Å². The molecule has 0 spiro atoms. The van der Waals surface area contributed by atoms with E-state index in [-0.39, 0.29) is 0 Å². The summed E-state index contributed by atoms with van der Waals surface area (Å²) in [5.74, 6) is 1.10. The Morgan fingerprint density at radius 1 is 1.43 bits per heavy atom. The summed E-state index contributed by atoms with van der Waals surface area (Å²) in [6.45, 7) is 2.93. The van der Waals surface area contributed by atoms with Crippen molar-refractivity contribution in [3.05, 3.63) is 23.8 Å². The van der Waals surface area contributed by atoms with Crippen molar-refractivity contribution in [1.29, 1.82) is 0 Å². The van der Waals surface area contributed by atoms with Gasteiger partial charge < -0.3 is 10.5 Å². The average molecular weight is 211 g/mol. The third-order valence-corrected chi connectivity index (χ3v) is 3.21. The molecule has 1 aromatic rings. The Labute approximate surface area is 89.8 Å². The minimum atomic E-state index is 0.834. The Kier molecular flexibility index (Phi) is 4.84. The van der Waals surface area contributed by atoms with Crippen LogP contribution in [0.1, 0.15) is 12.0 Å². The zero-order valence-corrected chi connectivity index (χ0v) is 9.56. The molecule has 0 atom stereocenters. The highest BCUT2D eigenvalue weighted by molar-refractivity contribution is 7.99. The molecule has 2 nitrogen and oxygen atoms in total. The highest BCUT2D eigenvalue weighted by Crippen LogP contribution is 2.24. The van der Waals surface area contributed by atoms with Crippen LogP contribution in [0.4, 0.5) is 5.69 Å². The number of hydrogen-bond acceptors (Lipinski definition) is 3. The molecule has 0 amide bonds. The minimum Gasteiger partial charge on any atom is -0.399 e. The summed E-state index contributed by atoms with van der Waals surface area (Å²) in [5, 5.41) is 0. The van der Waals surface area contributed by atoms with Gasteiger partial charge in [0.1, 0.15) is 0 Å². The van der Waals surface area contributed by atoms with Gasteiger partial charge in [-0.05, 0) is 37.1 Å². The number of nitrogen functional groups attached to an aromatic ring is 1. The monoisotopic (exact) mass is 211 g/mol. The Bertz CT molecular complexity index is 289. The lowest BCUT2D eigenvalue weighted by Gasteiger charge is -2.05. The third-order valence-electron chi connectivity index (χ3n) is 1.95. The minimum absolute atomic E-state index is 0.834. The predicted octanol–water partition coefficient (Wildman–Crippen LogP) is 2.71. The fraction of sp³-hybridized carbons (Fsp3) is 0.455. The van der Waals surface area contributed by atoms with E-state index in [2.05, 4.69) is 13.0 Å². The Morgan fingerprint density at radius 2 is 2.21 bits per heavy atom. The SMILES string of the molecule is COCCCSc1ccc(N)cc1C. The molecule has 14 heavy (non-hydrogen) atoms. The van der Waals surface area contributed by atoms with Crippen molar-refractivity contribution < 1.29 is 4.74 Å². The summed E-state index contributed by atoms with van der Waals surface area (Å²) in [6.07, 6.45) is 1.09. The molecular formula is C11H17NOS. The molecule has 1 rings (SSSR count).